The molecule has 0 unspecified atom stereocenters. The molecule has 0 heterocycles. The van der Waals surface area contributed by atoms with E-state index in [-0.39, 0.29) is 11.4 Å². The molecule has 68 valence electrons. The van der Waals surface area contributed by atoms with Gasteiger partial charge in [0, 0.05) is 13.1 Å². The summed E-state index contributed by atoms with van der Waals surface area (Å²) in [5.41, 5.74) is 1.12. The number of benzene rings is 1. The van der Waals surface area contributed by atoms with Crippen molar-refractivity contribution in [1.82, 2.24) is 0 Å². The monoisotopic (exact) mass is 179 g/mol. The summed E-state index contributed by atoms with van der Waals surface area (Å²) in [6.07, 6.45) is 0. The summed E-state index contributed by atoms with van der Waals surface area (Å²) in [5, 5.41) is 17.7. The van der Waals surface area contributed by atoms with E-state index in [1.165, 1.54) is 13.1 Å². The lowest BCUT2D eigenvalue weighted by molar-refractivity contribution is -0.384. The zero-order valence-electron chi connectivity index (χ0n) is 7.39. The molecule has 0 fully saturated rings. The maximum Gasteiger partial charge on any atom is 0.296 e. The molecule has 0 saturated heterocycles. The van der Waals surface area contributed by atoms with E-state index in [0.717, 1.165) is 5.56 Å². The van der Waals surface area contributed by atoms with Crippen LogP contribution in [0.2, 0.25) is 0 Å². The van der Waals surface area contributed by atoms with E-state index in [1.807, 2.05) is 0 Å². The average molecular weight is 179 g/mol. The second kappa shape index (κ2) is 3.75. The van der Waals surface area contributed by atoms with Crippen molar-refractivity contribution in [2.75, 3.05) is 7.05 Å². The normalized spacial score (nSPS) is 10.6. The van der Waals surface area contributed by atoms with Crippen LogP contribution in [0.15, 0.2) is 28.4 Å². The van der Waals surface area contributed by atoms with Gasteiger partial charge < -0.3 is 0 Å². The molecule has 0 spiro atoms. The predicted octanol–water partition coefficient (Wildman–Crippen LogP) is 2.62. The van der Waals surface area contributed by atoms with Crippen molar-refractivity contribution in [3.63, 3.8) is 0 Å². The smallest absolute Gasteiger partial charge is 0.258 e. The Morgan fingerprint density at radius 1 is 1.46 bits per heavy atom. The third-order valence-electron chi connectivity index (χ3n) is 1.54. The van der Waals surface area contributed by atoms with Gasteiger partial charge in [-0.1, -0.05) is 6.07 Å². The van der Waals surface area contributed by atoms with E-state index in [9.17, 15) is 10.1 Å². The van der Waals surface area contributed by atoms with Crippen molar-refractivity contribution < 1.29 is 4.92 Å². The SMILES string of the molecule is CN=Nc1ccc(C)cc1[N+](=O)[O-]. The van der Waals surface area contributed by atoms with E-state index < -0.39 is 4.92 Å². The first-order valence-electron chi connectivity index (χ1n) is 3.70. The minimum atomic E-state index is -0.461. The largest absolute Gasteiger partial charge is 0.296 e. The molecule has 0 N–H and O–H groups in total. The second-order valence-electron chi connectivity index (χ2n) is 2.55. The molecule has 1 rings (SSSR count). The molecule has 0 atom stereocenters. The Morgan fingerprint density at radius 3 is 2.69 bits per heavy atom. The van der Waals surface area contributed by atoms with E-state index >= 15 is 0 Å². The minimum Gasteiger partial charge on any atom is -0.258 e. The Labute approximate surface area is 75.3 Å². The fourth-order valence-electron chi connectivity index (χ4n) is 0.972. The lowest BCUT2D eigenvalue weighted by Gasteiger charge is -1.96. The van der Waals surface area contributed by atoms with Crippen molar-refractivity contribution in [3.8, 4) is 0 Å². The molecular weight excluding hydrogens is 170 g/mol. The van der Waals surface area contributed by atoms with Gasteiger partial charge in [-0.3, -0.25) is 10.1 Å². The van der Waals surface area contributed by atoms with Gasteiger partial charge in [-0.25, -0.2) is 0 Å². The average Bonchev–Trinajstić information content (AvgIpc) is 2.08. The minimum absolute atomic E-state index is 0.00870. The Morgan fingerprint density at radius 2 is 2.15 bits per heavy atom. The number of rotatable bonds is 2. The third-order valence-corrected chi connectivity index (χ3v) is 1.54. The Balaban J connectivity index is 3.26. The molecular formula is C8H9N3O2. The van der Waals surface area contributed by atoms with Crippen LogP contribution in [0.3, 0.4) is 0 Å². The fraction of sp³-hybridized carbons (Fsp3) is 0.250. The van der Waals surface area contributed by atoms with E-state index in [0.29, 0.717) is 0 Å². The highest BCUT2D eigenvalue weighted by molar-refractivity contribution is 5.57. The summed E-state index contributed by atoms with van der Waals surface area (Å²) in [7, 11) is 1.48. The number of nitro groups is 1. The molecule has 0 bridgehead atoms. The van der Waals surface area contributed by atoms with Crippen LogP contribution in [0.4, 0.5) is 11.4 Å². The first kappa shape index (κ1) is 9.31. The van der Waals surface area contributed by atoms with Crippen molar-refractivity contribution in [2.24, 2.45) is 10.2 Å². The standard InChI is InChI=1S/C8H9N3O2/c1-6-3-4-7(10-9-2)8(5-6)11(12)13/h3-5H,1-2H3. The molecule has 1 aromatic rings. The fourth-order valence-corrected chi connectivity index (χ4v) is 0.972. The number of nitrogens with zero attached hydrogens (tertiary/aromatic N) is 3. The molecule has 0 aliphatic carbocycles. The van der Waals surface area contributed by atoms with Gasteiger partial charge in [0.05, 0.1) is 4.92 Å². The third kappa shape index (κ3) is 2.08. The first-order chi connectivity index (χ1) is 6.15. The van der Waals surface area contributed by atoms with Crippen molar-refractivity contribution in [1.29, 1.82) is 0 Å². The molecule has 0 radical (unpaired) electrons. The lowest BCUT2D eigenvalue weighted by atomic mass is 10.2. The van der Waals surface area contributed by atoms with Crippen molar-refractivity contribution in [3.05, 3.63) is 33.9 Å². The number of azo groups is 1. The Hall–Kier alpha value is -1.78. The topological polar surface area (TPSA) is 67.9 Å². The summed E-state index contributed by atoms with van der Waals surface area (Å²) < 4.78 is 0. The number of nitro benzene ring substituents is 1. The molecule has 5 heteroatoms. The zero-order valence-corrected chi connectivity index (χ0v) is 7.39. The summed E-state index contributed by atoms with van der Waals surface area (Å²) >= 11 is 0. The molecule has 0 aliphatic rings. The molecule has 0 saturated carbocycles. The maximum atomic E-state index is 10.6. The van der Waals surface area contributed by atoms with Gasteiger partial charge in [0.2, 0.25) is 0 Å². The maximum absolute atomic E-state index is 10.6. The molecule has 1 aromatic carbocycles. The summed E-state index contributed by atoms with van der Waals surface area (Å²) in [6.45, 7) is 1.79. The molecule has 0 aliphatic heterocycles. The summed E-state index contributed by atoms with van der Waals surface area (Å²) in [6, 6.07) is 4.82. The first-order valence-corrected chi connectivity index (χ1v) is 3.70. The van der Waals surface area contributed by atoms with Crippen LogP contribution in [-0.4, -0.2) is 12.0 Å². The molecule has 0 amide bonds. The van der Waals surface area contributed by atoms with Crippen LogP contribution >= 0.6 is 0 Å². The van der Waals surface area contributed by atoms with Crippen LogP contribution in [-0.2, 0) is 0 Å². The Bertz CT molecular complexity index is 360. The summed E-state index contributed by atoms with van der Waals surface area (Å²) in [5.74, 6) is 0. The highest BCUT2D eigenvalue weighted by atomic mass is 16.6. The quantitative estimate of drug-likeness (QED) is 0.397. The highest BCUT2D eigenvalue weighted by Gasteiger charge is 2.12. The van der Waals surface area contributed by atoms with E-state index in [1.54, 1.807) is 19.1 Å². The molecule has 5 nitrogen and oxygen atoms in total. The van der Waals surface area contributed by atoms with Crippen molar-refractivity contribution in [2.45, 2.75) is 6.92 Å². The van der Waals surface area contributed by atoms with Gasteiger partial charge in [0.25, 0.3) is 5.69 Å². The zero-order chi connectivity index (χ0) is 9.84. The highest BCUT2D eigenvalue weighted by Crippen LogP contribution is 2.27. The van der Waals surface area contributed by atoms with Crippen LogP contribution in [0.25, 0.3) is 0 Å². The van der Waals surface area contributed by atoms with Crippen molar-refractivity contribution >= 4 is 11.4 Å². The van der Waals surface area contributed by atoms with Crippen LogP contribution in [0.5, 0.6) is 0 Å². The van der Waals surface area contributed by atoms with Crippen LogP contribution in [0, 0.1) is 17.0 Å². The summed E-state index contributed by atoms with van der Waals surface area (Å²) in [4.78, 5) is 10.1. The molecule has 0 aromatic heterocycles. The van der Waals surface area contributed by atoms with Crippen LogP contribution in [0.1, 0.15) is 5.56 Å². The van der Waals surface area contributed by atoms with Gasteiger partial charge in [0.1, 0.15) is 0 Å². The van der Waals surface area contributed by atoms with Gasteiger partial charge >= 0.3 is 0 Å². The van der Waals surface area contributed by atoms with Crippen LogP contribution < -0.4 is 0 Å². The molecule has 13 heavy (non-hydrogen) atoms. The van der Waals surface area contributed by atoms with Gasteiger partial charge in [0.15, 0.2) is 5.69 Å². The second-order valence-corrected chi connectivity index (χ2v) is 2.55. The Kier molecular flexibility index (Phi) is 2.69. The number of hydrogen-bond donors (Lipinski definition) is 0. The lowest BCUT2D eigenvalue weighted by Crippen LogP contribution is -1.88. The number of aryl methyl sites for hydroxylation is 1. The van der Waals surface area contributed by atoms with E-state index in [2.05, 4.69) is 10.2 Å². The van der Waals surface area contributed by atoms with Gasteiger partial charge in [-0.05, 0) is 18.6 Å². The van der Waals surface area contributed by atoms with Gasteiger partial charge in [-0.15, -0.1) is 5.11 Å². The number of hydrogen-bond acceptors (Lipinski definition) is 4. The predicted molar refractivity (Wildman–Crippen MR) is 48.3 cm³/mol. The van der Waals surface area contributed by atoms with E-state index in [4.69, 9.17) is 0 Å². The van der Waals surface area contributed by atoms with Gasteiger partial charge in [-0.2, -0.15) is 5.11 Å².